The third kappa shape index (κ3) is 3.28. The fourth-order valence-electron chi connectivity index (χ4n) is 1.94. The molecule has 6 heteroatoms. The molecule has 0 fully saturated rings. The molecule has 0 heterocycles. The molecular weight excluding hydrogens is 280 g/mol. The lowest BCUT2D eigenvalue weighted by Crippen LogP contribution is -2.27. The van der Waals surface area contributed by atoms with Crippen molar-refractivity contribution in [2.24, 2.45) is 0 Å². The van der Waals surface area contributed by atoms with Crippen LogP contribution >= 0.6 is 0 Å². The van der Waals surface area contributed by atoms with Crippen molar-refractivity contribution in [3.8, 4) is 11.5 Å². The highest BCUT2D eigenvalue weighted by Gasteiger charge is 2.17. The minimum absolute atomic E-state index is 0.00715. The number of carbonyl (C=O) groups is 1. The maximum atomic E-state index is 13.6. The molecule has 0 aliphatic rings. The van der Waals surface area contributed by atoms with Crippen LogP contribution < -0.4 is 5.32 Å². The summed E-state index contributed by atoms with van der Waals surface area (Å²) in [6, 6.07) is 6.30. The van der Waals surface area contributed by atoms with Gasteiger partial charge in [-0.3, -0.25) is 4.79 Å². The number of phenolic OH excluding ortho intramolecular Hbond substituents is 2. The maximum Gasteiger partial charge on any atom is 0.252 e. The molecule has 0 radical (unpaired) electrons. The smallest absolute Gasteiger partial charge is 0.252 e. The Bertz CT molecular complexity index is 668. The van der Waals surface area contributed by atoms with E-state index < -0.39 is 23.6 Å². The van der Waals surface area contributed by atoms with E-state index in [2.05, 4.69) is 5.32 Å². The van der Waals surface area contributed by atoms with Crippen molar-refractivity contribution in [1.29, 1.82) is 0 Å². The topological polar surface area (TPSA) is 69.6 Å². The molecule has 0 aromatic heterocycles. The van der Waals surface area contributed by atoms with Gasteiger partial charge in [0.25, 0.3) is 5.91 Å². The van der Waals surface area contributed by atoms with Crippen LogP contribution in [0.15, 0.2) is 36.4 Å². The van der Waals surface area contributed by atoms with Gasteiger partial charge in [0.2, 0.25) is 0 Å². The molecule has 0 saturated heterocycles. The van der Waals surface area contributed by atoms with Gasteiger partial charge in [0.05, 0.1) is 6.04 Å². The molecule has 2 rings (SSSR count). The Morgan fingerprint density at radius 2 is 1.76 bits per heavy atom. The highest BCUT2D eigenvalue weighted by molar-refractivity contribution is 5.95. The van der Waals surface area contributed by atoms with Gasteiger partial charge in [-0.05, 0) is 25.1 Å². The highest BCUT2D eigenvalue weighted by atomic mass is 19.2. The van der Waals surface area contributed by atoms with Gasteiger partial charge in [0.15, 0.2) is 11.6 Å². The summed E-state index contributed by atoms with van der Waals surface area (Å²) in [5.74, 6) is -3.19. The number of hydrogen-bond acceptors (Lipinski definition) is 3. The summed E-state index contributed by atoms with van der Waals surface area (Å²) in [7, 11) is 0. The molecule has 0 aliphatic heterocycles. The fourth-order valence-corrected chi connectivity index (χ4v) is 1.94. The Morgan fingerprint density at radius 1 is 1.14 bits per heavy atom. The van der Waals surface area contributed by atoms with Crippen molar-refractivity contribution in [1.82, 2.24) is 5.32 Å². The number of rotatable bonds is 3. The first-order valence-electron chi connectivity index (χ1n) is 6.16. The van der Waals surface area contributed by atoms with Gasteiger partial charge in [-0.15, -0.1) is 0 Å². The number of benzene rings is 2. The predicted molar refractivity (Wildman–Crippen MR) is 72.0 cm³/mol. The molecule has 2 aromatic carbocycles. The molecule has 0 aliphatic carbocycles. The highest BCUT2D eigenvalue weighted by Crippen LogP contribution is 2.22. The van der Waals surface area contributed by atoms with E-state index in [0.29, 0.717) is 0 Å². The van der Waals surface area contributed by atoms with Gasteiger partial charge in [-0.2, -0.15) is 0 Å². The fraction of sp³-hybridized carbons (Fsp3) is 0.133. The quantitative estimate of drug-likeness (QED) is 0.815. The van der Waals surface area contributed by atoms with Crippen LogP contribution in [0.1, 0.15) is 28.9 Å². The zero-order valence-corrected chi connectivity index (χ0v) is 11.1. The Morgan fingerprint density at radius 3 is 2.38 bits per heavy atom. The van der Waals surface area contributed by atoms with Gasteiger partial charge in [0.1, 0.15) is 11.5 Å². The van der Waals surface area contributed by atoms with E-state index in [1.54, 1.807) is 0 Å². The van der Waals surface area contributed by atoms with E-state index in [1.807, 2.05) is 0 Å². The first kappa shape index (κ1) is 14.8. The van der Waals surface area contributed by atoms with Crippen molar-refractivity contribution in [3.05, 3.63) is 59.2 Å². The summed E-state index contributed by atoms with van der Waals surface area (Å²) in [6.45, 7) is 1.50. The molecule has 0 saturated carbocycles. The van der Waals surface area contributed by atoms with Gasteiger partial charge in [0, 0.05) is 17.2 Å². The number of amides is 1. The van der Waals surface area contributed by atoms with Crippen LogP contribution in [0, 0.1) is 11.6 Å². The molecule has 21 heavy (non-hydrogen) atoms. The van der Waals surface area contributed by atoms with Crippen molar-refractivity contribution in [3.63, 3.8) is 0 Å². The van der Waals surface area contributed by atoms with Crippen LogP contribution in [-0.4, -0.2) is 16.1 Å². The first-order chi connectivity index (χ1) is 9.88. The summed E-state index contributed by atoms with van der Waals surface area (Å²) < 4.78 is 26.8. The van der Waals surface area contributed by atoms with Gasteiger partial charge in [-0.1, -0.05) is 12.1 Å². The summed E-state index contributed by atoms with van der Waals surface area (Å²) in [5.41, 5.74) is 0.0175. The van der Waals surface area contributed by atoms with Crippen molar-refractivity contribution in [2.45, 2.75) is 13.0 Å². The summed E-state index contributed by atoms with van der Waals surface area (Å²) in [5, 5.41) is 21.1. The molecule has 4 nitrogen and oxygen atoms in total. The lowest BCUT2D eigenvalue weighted by atomic mass is 10.1. The number of halogens is 2. The number of aromatic hydroxyl groups is 2. The third-order valence-corrected chi connectivity index (χ3v) is 2.96. The van der Waals surface area contributed by atoms with Crippen LogP contribution in [0.3, 0.4) is 0 Å². The Hall–Kier alpha value is -2.63. The van der Waals surface area contributed by atoms with Crippen molar-refractivity contribution in [2.75, 3.05) is 0 Å². The summed E-state index contributed by atoms with van der Waals surface area (Å²) in [4.78, 5) is 12.0. The average Bonchev–Trinajstić information content (AvgIpc) is 2.40. The van der Waals surface area contributed by atoms with Crippen molar-refractivity contribution < 1.29 is 23.8 Å². The Balaban J connectivity index is 2.21. The van der Waals surface area contributed by atoms with Crippen LogP contribution in [-0.2, 0) is 0 Å². The molecule has 0 unspecified atom stereocenters. The van der Waals surface area contributed by atoms with Crippen molar-refractivity contribution >= 4 is 5.91 Å². The Labute approximate surface area is 119 Å². The molecule has 3 N–H and O–H groups in total. The zero-order chi connectivity index (χ0) is 15.6. The third-order valence-electron chi connectivity index (χ3n) is 2.96. The second-order valence-electron chi connectivity index (χ2n) is 4.58. The van der Waals surface area contributed by atoms with E-state index in [-0.39, 0.29) is 22.6 Å². The molecule has 0 bridgehead atoms. The van der Waals surface area contributed by atoms with E-state index >= 15 is 0 Å². The SMILES string of the molecule is C[C@@H](NC(=O)c1cc(O)cc(O)c1)c1cccc(F)c1F. The zero-order valence-electron chi connectivity index (χ0n) is 11.1. The number of hydrogen-bond donors (Lipinski definition) is 3. The second-order valence-corrected chi connectivity index (χ2v) is 4.58. The van der Waals surface area contributed by atoms with E-state index in [1.165, 1.54) is 19.1 Å². The largest absolute Gasteiger partial charge is 0.508 e. The molecule has 2 aromatic rings. The average molecular weight is 293 g/mol. The lowest BCUT2D eigenvalue weighted by molar-refractivity contribution is 0.0938. The minimum atomic E-state index is -1.02. The molecule has 1 atom stereocenters. The van der Waals surface area contributed by atoms with Crippen LogP contribution in [0.4, 0.5) is 8.78 Å². The van der Waals surface area contributed by atoms with Crippen LogP contribution in [0.5, 0.6) is 11.5 Å². The standard InChI is InChI=1S/C15H13F2NO3/c1-8(12-3-2-4-13(16)14(12)17)18-15(21)9-5-10(19)7-11(20)6-9/h2-8,19-20H,1H3,(H,18,21)/t8-/m1/s1. The molecule has 1 amide bonds. The number of carbonyl (C=O) groups excluding carboxylic acids is 1. The van der Waals surface area contributed by atoms with Gasteiger partial charge < -0.3 is 15.5 Å². The minimum Gasteiger partial charge on any atom is -0.508 e. The number of phenols is 2. The molecular formula is C15H13F2NO3. The Kier molecular flexibility index (Phi) is 4.07. The predicted octanol–water partition coefficient (Wildman–Crippen LogP) is 2.87. The number of nitrogens with one attached hydrogen (secondary N) is 1. The second kappa shape index (κ2) is 5.78. The summed E-state index contributed by atoms with van der Waals surface area (Å²) in [6.07, 6.45) is 0. The van der Waals surface area contributed by atoms with Gasteiger partial charge >= 0.3 is 0 Å². The van der Waals surface area contributed by atoms with E-state index in [0.717, 1.165) is 24.3 Å². The molecule has 0 spiro atoms. The molecule has 110 valence electrons. The monoisotopic (exact) mass is 293 g/mol. The lowest BCUT2D eigenvalue weighted by Gasteiger charge is -2.15. The van der Waals surface area contributed by atoms with E-state index in [4.69, 9.17) is 0 Å². The van der Waals surface area contributed by atoms with Gasteiger partial charge in [-0.25, -0.2) is 8.78 Å². The maximum absolute atomic E-state index is 13.6. The normalized spacial score (nSPS) is 12.0. The van der Waals surface area contributed by atoms with Crippen LogP contribution in [0.2, 0.25) is 0 Å². The van der Waals surface area contributed by atoms with Crippen LogP contribution in [0.25, 0.3) is 0 Å². The summed E-state index contributed by atoms with van der Waals surface area (Å²) >= 11 is 0. The first-order valence-corrected chi connectivity index (χ1v) is 6.16. The van der Waals surface area contributed by atoms with E-state index in [9.17, 15) is 23.8 Å².